The summed E-state index contributed by atoms with van der Waals surface area (Å²) in [5.74, 6) is -0.165. The van der Waals surface area contributed by atoms with Gasteiger partial charge < -0.3 is 10.1 Å². The van der Waals surface area contributed by atoms with Crippen molar-refractivity contribution in [3.63, 3.8) is 0 Å². The molecule has 0 fully saturated rings. The van der Waals surface area contributed by atoms with Crippen LogP contribution in [-0.4, -0.2) is 14.3 Å². The summed E-state index contributed by atoms with van der Waals surface area (Å²) in [5.41, 5.74) is 1.94. The molecule has 7 heteroatoms. The van der Waals surface area contributed by atoms with Gasteiger partial charge in [0.05, 0.1) is 6.42 Å². The number of hydrogen-bond donors (Lipinski definition) is 2. The molecule has 0 aliphatic heterocycles. The maximum Gasteiger partial charge on any atom is 0.241 e. The van der Waals surface area contributed by atoms with Gasteiger partial charge in [-0.1, -0.05) is 54.6 Å². The van der Waals surface area contributed by atoms with Crippen LogP contribution in [0.3, 0.4) is 0 Å². The number of amides is 1. The number of carbonyl (C=O) groups excluding carboxylic acids is 1. The van der Waals surface area contributed by atoms with E-state index in [9.17, 15) is 13.2 Å². The SMILES string of the molecule is NS(=O)(=O)c1cc(NC(=O)Cc2[c]cccc2)ccc1OCc1ccccc1. The van der Waals surface area contributed by atoms with Gasteiger partial charge in [0.2, 0.25) is 15.9 Å². The van der Waals surface area contributed by atoms with Gasteiger partial charge in [0, 0.05) is 5.69 Å². The highest BCUT2D eigenvalue weighted by Gasteiger charge is 2.17. The Morgan fingerprint density at radius 3 is 2.46 bits per heavy atom. The second-order valence-electron chi connectivity index (χ2n) is 6.09. The predicted molar refractivity (Wildman–Crippen MR) is 106 cm³/mol. The summed E-state index contributed by atoms with van der Waals surface area (Å²) in [6, 6.07) is 23.8. The minimum Gasteiger partial charge on any atom is -0.487 e. The zero-order chi connectivity index (χ0) is 20.0. The number of benzene rings is 3. The van der Waals surface area contributed by atoms with E-state index < -0.39 is 10.0 Å². The number of anilines is 1. The summed E-state index contributed by atoms with van der Waals surface area (Å²) in [5, 5.41) is 7.99. The van der Waals surface area contributed by atoms with E-state index in [-0.39, 0.29) is 29.6 Å². The van der Waals surface area contributed by atoms with Gasteiger partial charge in [-0.2, -0.15) is 0 Å². The third-order valence-electron chi connectivity index (χ3n) is 3.90. The molecule has 0 aromatic heterocycles. The fraction of sp³-hybridized carbons (Fsp3) is 0.0952. The van der Waals surface area contributed by atoms with Crippen LogP contribution in [0.1, 0.15) is 11.1 Å². The van der Waals surface area contributed by atoms with Gasteiger partial charge in [0.1, 0.15) is 17.3 Å². The van der Waals surface area contributed by atoms with Crippen LogP contribution < -0.4 is 15.2 Å². The highest BCUT2D eigenvalue weighted by Crippen LogP contribution is 2.27. The summed E-state index contributed by atoms with van der Waals surface area (Å²) in [4.78, 5) is 12.0. The quantitative estimate of drug-likeness (QED) is 0.643. The molecule has 0 saturated heterocycles. The number of sulfonamides is 1. The first-order chi connectivity index (χ1) is 13.4. The highest BCUT2D eigenvalue weighted by molar-refractivity contribution is 7.89. The number of nitrogens with two attached hydrogens (primary N) is 1. The third kappa shape index (κ3) is 5.42. The Hall–Kier alpha value is -3.16. The first-order valence-corrected chi connectivity index (χ1v) is 10.1. The molecule has 1 amide bonds. The lowest BCUT2D eigenvalue weighted by Crippen LogP contribution is -2.17. The van der Waals surface area contributed by atoms with Crippen LogP contribution in [0.15, 0.2) is 77.7 Å². The van der Waals surface area contributed by atoms with E-state index in [1.54, 1.807) is 18.2 Å². The first-order valence-electron chi connectivity index (χ1n) is 8.51. The standard InChI is InChI=1S/C21H19N2O4S/c22-28(25,26)20-14-18(23-21(24)13-16-7-3-1-4-8-16)11-12-19(20)27-15-17-9-5-2-6-10-17/h1-7,9-12,14H,13,15H2,(H,23,24)(H2,22,25,26). The lowest BCUT2D eigenvalue weighted by molar-refractivity contribution is -0.115. The van der Waals surface area contributed by atoms with E-state index in [2.05, 4.69) is 11.4 Å². The van der Waals surface area contributed by atoms with Crippen LogP contribution >= 0.6 is 0 Å². The zero-order valence-electron chi connectivity index (χ0n) is 15.0. The summed E-state index contributed by atoms with van der Waals surface area (Å²) in [7, 11) is -4.04. The minimum absolute atomic E-state index is 0.123. The number of primary sulfonamides is 1. The van der Waals surface area contributed by atoms with Crippen molar-refractivity contribution in [3.8, 4) is 5.75 Å². The van der Waals surface area contributed by atoms with E-state index in [1.807, 2.05) is 42.5 Å². The van der Waals surface area contributed by atoms with Gasteiger partial charge in [-0.3, -0.25) is 4.79 Å². The summed E-state index contributed by atoms with van der Waals surface area (Å²) in [6.45, 7) is 0.193. The molecule has 0 atom stereocenters. The Bertz CT molecular complexity index is 1050. The Balaban J connectivity index is 1.75. The molecule has 0 aliphatic carbocycles. The molecule has 0 unspecified atom stereocenters. The Morgan fingerprint density at radius 1 is 1.04 bits per heavy atom. The maximum atomic E-state index is 12.2. The second kappa shape index (κ2) is 8.69. The van der Waals surface area contributed by atoms with Gasteiger partial charge in [0.15, 0.2) is 0 Å². The third-order valence-corrected chi connectivity index (χ3v) is 4.83. The van der Waals surface area contributed by atoms with Crippen molar-refractivity contribution in [2.75, 3.05) is 5.32 Å². The van der Waals surface area contributed by atoms with E-state index in [0.29, 0.717) is 5.69 Å². The molecule has 0 bridgehead atoms. The van der Waals surface area contributed by atoms with Crippen molar-refractivity contribution in [3.05, 3.63) is 90.0 Å². The largest absolute Gasteiger partial charge is 0.487 e. The fourth-order valence-corrected chi connectivity index (χ4v) is 3.28. The van der Waals surface area contributed by atoms with Gasteiger partial charge in [-0.05, 0) is 35.4 Å². The van der Waals surface area contributed by atoms with Crippen LogP contribution in [-0.2, 0) is 27.8 Å². The number of ether oxygens (including phenoxy) is 1. The molecule has 0 heterocycles. The van der Waals surface area contributed by atoms with E-state index in [4.69, 9.17) is 9.88 Å². The van der Waals surface area contributed by atoms with Crippen LogP contribution in [0.25, 0.3) is 0 Å². The highest BCUT2D eigenvalue weighted by atomic mass is 32.2. The molecule has 3 aromatic carbocycles. The molecule has 1 radical (unpaired) electrons. The Morgan fingerprint density at radius 2 is 1.79 bits per heavy atom. The van der Waals surface area contributed by atoms with Crippen molar-refractivity contribution in [1.29, 1.82) is 0 Å². The molecule has 0 aliphatic rings. The maximum absolute atomic E-state index is 12.2. The summed E-state index contributed by atoms with van der Waals surface area (Å²) < 4.78 is 29.6. The van der Waals surface area contributed by atoms with Gasteiger partial charge in [-0.15, -0.1) is 0 Å². The molecule has 6 nitrogen and oxygen atoms in total. The van der Waals surface area contributed by atoms with Gasteiger partial charge >= 0.3 is 0 Å². The molecular weight excluding hydrogens is 376 g/mol. The lowest BCUT2D eigenvalue weighted by atomic mass is 10.1. The molecule has 28 heavy (non-hydrogen) atoms. The second-order valence-corrected chi connectivity index (χ2v) is 7.62. The van der Waals surface area contributed by atoms with Gasteiger partial charge in [0.25, 0.3) is 0 Å². The van der Waals surface area contributed by atoms with Crippen LogP contribution in [0.5, 0.6) is 5.75 Å². The summed E-state index contributed by atoms with van der Waals surface area (Å²) >= 11 is 0. The van der Waals surface area contributed by atoms with Crippen LogP contribution in [0, 0.1) is 6.07 Å². The van der Waals surface area contributed by atoms with Gasteiger partial charge in [-0.25, -0.2) is 13.6 Å². The molecule has 3 N–H and O–H groups in total. The van der Waals surface area contributed by atoms with Crippen molar-refractivity contribution in [2.45, 2.75) is 17.9 Å². The normalized spacial score (nSPS) is 11.0. The smallest absolute Gasteiger partial charge is 0.241 e. The number of carbonyl (C=O) groups is 1. The number of hydrogen-bond acceptors (Lipinski definition) is 4. The van der Waals surface area contributed by atoms with Crippen LogP contribution in [0.4, 0.5) is 5.69 Å². The summed E-state index contributed by atoms with van der Waals surface area (Å²) in [6.07, 6.45) is 0.123. The monoisotopic (exact) mass is 395 g/mol. The van der Waals surface area contributed by atoms with Crippen molar-refractivity contribution < 1.29 is 17.9 Å². The van der Waals surface area contributed by atoms with E-state index in [0.717, 1.165) is 11.1 Å². The Labute approximate surface area is 164 Å². The van der Waals surface area contributed by atoms with Crippen molar-refractivity contribution >= 4 is 21.6 Å². The molecule has 3 rings (SSSR count). The number of nitrogens with one attached hydrogen (secondary N) is 1. The van der Waals surface area contributed by atoms with Crippen molar-refractivity contribution in [2.24, 2.45) is 5.14 Å². The average molecular weight is 395 g/mol. The predicted octanol–water partition coefficient (Wildman–Crippen LogP) is 2.89. The molecule has 3 aromatic rings. The molecule has 143 valence electrons. The number of rotatable bonds is 7. The van der Waals surface area contributed by atoms with E-state index in [1.165, 1.54) is 12.1 Å². The van der Waals surface area contributed by atoms with E-state index >= 15 is 0 Å². The molecular formula is C21H19N2O4S. The molecule has 0 spiro atoms. The average Bonchev–Trinajstić information content (AvgIpc) is 2.68. The minimum atomic E-state index is -4.04. The Kier molecular flexibility index (Phi) is 6.08. The molecule has 0 saturated carbocycles. The fourth-order valence-electron chi connectivity index (χ4n) is 2.58. The van der Waals surface area contributed by atoms with Crippen LogP contribution in [0.2, 0.25) is 0 Å². The first kappa shape index (κ1) is 19.6. The zero-order valence-corrected chi connectivity index (χ0v) is 15.8. The van der Waals surface area contributed by atoms with Crippen molar-refractivity contribution in [1.82, 2.24) is 0 Å². The topological polar surface area (TPSA) is 98.5 Å². The lowest BCUT2D eigenvalue weighted by Gasteiger charge is -2.13.